The van der Waals surface area contributed by atoms with E-state index in [0.717, 1.165) is 16.7 Å². The number of pyridine rings is 2. The minimum atomic E-state index is -2.30. The van der Waals surface area contributed by atoms with Crippen molar-refractivity contribution in [3.05, 3.63) is 53.7 Å². The molecule has 0 atom stereocenters. The zero-order chi connectivity index (χ0) is 21.1. The van der Waals surface area contributed by atoms with Gasteiger partial charge in [0.15, 0.2) is 0 Å². The summed E-state index contributed by atoms with van der Waals surface area (Å²) in [5, 5.41) is 0.761. The summed E-state index contributed by atoms with van der Waals surface area (Å²) in [5.41, 5.74) is 1.47. The van der Waals surface area contributed by atoms with Crippen LogP contribution in [-0.4, -0.2) is 11.8 Å². The monoisotopic (exact) mass is 310 g/mol. The van der Waals surface area contributed by atoms with Gasteiger partial charge in [-0.1, -0.05) is 0 Å². The van der Waals surface area contributed by atoms with Crippen molar-refractivity contribution in [2.75, 3.05) is 4.81 Å². The van der Waals surface area contributed by atoms with Crippen molar-refractivity contribution in [3.63, 3.8) is 0 Å². The van der Waals surface area contributed by atoms with Gasteiger partial charge in [0.05, 0.1) is 19.4 Å². The molecule has 3 aromatic heterocycles. The Morgan fingerprint density at radius 1 is 1.26 bits per heavy atom. The minimum absolute atomic E-state index is 0.00348. The first-order chi connectivity index (χ1) is 13.5. The number of fused-ring (bicyclic) bond motifs is 3. The lowest BCUT2D eigenvalue weighted by Gasteiger charge is -2.22. The Labute approximate surface area is 144 Å². The highest BCUT2D eigenvalue weighted by molar-refractivity contribution is 6.79. The number of rotatable bonds is 1. The number of furan rings is 1. The van der Waals surface area contributed by atoms with Crippen LogP contribution < -0.4 is 14.8 Å². The van der Waals surface area contributed by atoms with Gasteiger partial charge in [0.1, 0.15) is 5.76 Å². The lowest BCUT2D eigenvalue weighted by molar-refractivity contribution is -0.658. The third-order valence-electron chi connectivity index (χ3n) is 4.21. The van der Waals surface area contributed by atoms with Gasteiger partial charge in [0.2, 0.25) is 5.71 Å². The Hall–Kier alpha value is -2.56. The summed E-state index contributed by atoms with van der Waals surface area (Å²) in [6, 6.07) is 6.63. The number of hydrogen-bond acceptors (Lipinski definition) is 3. The predicted molar refractivity (Wildman–Crippen MR) is 93.9 cm³/mol. The molecule has 0 radical (unpaired) electrons. The molecular weight excluding hydrogens is 285 g/mol. The average molecular weight is 310 g/mol. The fraction of sp³-hybridized carbons (Fsp3) is 0.222. The van der Waals surface area contributed by atoms with E-state index < -0.39 is 13.7 Å². The molecule has 0 N–H and O–H groups in total. The van der Waals surface area contributed by atoms with E-state index in [9.17, 15) is 0 Å². The van der Waals surface area contributed by atoms with Gasteiger partial charge in [-0.3, -0.25) is 4.81 Å². The summed E-state index contributed by atoms with van der Waals surface area (Å²) in [6.45, 7) is -2.58. The molecule has 4 heterocycles. The van der Waals surface area contributed by atoms with Crippen LogP contribution in [0.3, 0.4) is 0 Å². The molecule has 0 amide bonds. The van der Waals surface area contributed by atoms with Crippen molar-refractivity contribution in [2.45, 2.75) is 20.5 Å². The Morgan fingerprint density at radius 2 is 2.17 bits per heavy atom. The molecule has 0 unspecified atom stereocenters. The zero-order valence-corrected chi connectivity index (χ0v) is 12.9. The standard InChI is InChI=1S/C18H19BN3O/c1-12-5-8-16(21(4)11-12)22-10-9-15-17(19(22)3)14-7-6-13(2)20-18(14)23-15/h5-11H,1-4H3/q+1/i1D3,2D3. The molecule has 0 aliphatic carbocycles. The van der Waals surface area contributed by atoms with Crippen LogP contribution in [0.1, 0.15) is 25.2 Å². The van der Waals surface area contributed by atoms with E-state index in [1.807, 2.05) is 23.9 Å². The zero-order valence-electron chi connectivity index (χ0n) is 18.9. The van der Waals surface area contributed by atoms with E-state index in [1.165, 1.54) is 6.07 Å². The quantitative estimate of drug-likeness (QED) is 0.512. The Balaban J connectivity index is 1.76. The van der Waals surface area contributed by atoms with Crippen molar-refractivity contribution in [1.29, 1.82) is 0 Å². The molecule has 0 saturated heterocycles. The van der Waals surface area contributed by atoms with Gasteiger partial charge < -0.3 is 4.42 Å². The SMILES string of the molecule is [2H]C([2H])([2H])c1ccc(N2C=Cc3oc4nc(C([2H])([2H])[2H])ccc4c3B2C)[n+](C)c1. The molecule has 5 heteroatoms. The largest absolute Gasteiger partial charge is 0.439 e. The Kier molecular flexibility index (Phi) is 1.93. The van der Waals surface area contributed by atoms with Crippen molar-refractivity contribution in [2.24, 2.45) is 7.05 Å². The molecule has 23 heavy (non-hydrogen) atoms. The third kappa shape index (κ3) is 2.15. The molecule has 0 aromatic carbocycles. The van der Waals surface area contributed by atoms with Gasteiger partial charge in [-0.2, -0.15) is 0 Å². The van der Waals surface area contributed by atoms with E-state index in [0.29, 0.717) is 11.5 Å². The van der Waals surface area contributed by atoms with Crippen molar-refractivity contribution < 1.29 is 17.2 Å². The maximum atomic E-state index is 7.58. The van der Waals surface area contributed by atoms with Crippen molar-refractivity contribution in [1.82, 2.24) is 4.98 Å². The third-order valence-corrected chi connectivity index (χ3v) is 4.21. The van der Waals surface area contributed by atoms with Gasteiger partial charge in [0.25, 0.3) is 5.82 Å². The fourth-order valence-electron chi connectivity index (χ4n) is 3.13. The van der Waals surface area contributed by atoms with Crippen molar-refractivity contribution in [3.8, 4) is 0 Å². The summed E-state index contributed by atoms with van der Waals surface area (Å²) in [6.07, 6.45) is 5.28. The smallest absolute Gasteiger partial charge is 0.413 e. The number of hydrogen-bond donors (Lipinski definition) is 0. The van der Waals surface area contributed by atoms with E-state index >= 15 is 0 Å². The normalized spacial score (nSPS) is 18.7. The lowest BCUT2D eigenvalue weighted by Crippen LogP contribution is -2.50. The van der Waals surface area contributed by atoms with Crippen molar-refractivity contribution >= 4 is 35.3 Å². The summed E-state index contributed by atoms with van der Waals surface area (Å²) < 4.78 is 53.0. The molecule has 4 nitrogen and oxygen atoms in total. The first-order valence-corrected chi connectivity index (χ1v) is 7.37. The van der Waals surface area contributed by atoms with Crippen LogP contribution >= 0.6 is 0 Å². The summed E-state index contributed by atoms with van der Waals surface area (Å²) in [4.78, 5) is 6.20. The summed E-state index contributed by atoms with van der Waals surface area (Å²) in [7, 11) is 1.80. The lowest BCUT2D eigenvalue weighted by atomic mass is 9.54. The first kappa shape index (κ1) is 8.92. The maximum Gasteiger partial charge on any atom is 0.413 e. The molecule has 3 aromatic rings. The molecular formula is C18H19BN3O+. The number of aryl methyl sites for hydroxylation is 3. The van der Waals surface area contributed by atoms with Gasteiger partial charge in [-0.05, 0) is 44.3 Å². The van der Waals surface area contributed by atoms with Gasteiger partial charge in [-0.15, -0.1) is 0 Å². The number of aromatic nitrogens is 2. The Bertz CT molecular complexity index is 1140. The topological polar surface area (TPSA) is 33.2 Å². The van der Waals surface area contributed by atoms with Crippen LogP contribution in [0.25, 0.3) is 17.2 Å². The molecule has 1 aliphatic heterocycles. The number of nitrogens with zero attached hydrogens (tertiary/aromatic N) is 3. The highest BCUT2D eigenvalue weighted by atomic mass is 16.3. The number of anilines is 1. The molecule has 1 aliphatic rings. The molecule has 114 valence electrons. The minimum Gasteiger partial charge on any atom is -0.439 e. The van der Waals surface area contributed by atoms with Crippen LogP contribution in [0.15, 0.2) is 41.1 Å². The second kappa shape index (κ2) is 4.98. The summed E-state index contributed by atoms with van der Waals surface area (Å²) >= 11 is 0. The van der Waals surface area contributed by atoms with Crippen LogP contribution in [-0.2, 0) is 7.05 Å². The molecule has 0 bridgehead atoms. The fourth-order valence-corrected chi connectivity index (χ4v) is 3.13. The first-order valence-electron chi connectivity index (χ1n) is 10.4. The van der Waals surface area contributed by atoms with Crippen LogP contribution in [0, 0.1) is 13.7 Å². The molecule has 0 fully saturated rings. The Morgan fingerprint density at radius 3 is 2.96 bits per heavy atom. The van der Waals surface area contributed by atoms with Gasteiger partial charge in [0, 0.05) is 36.9 Å². The van der Waals surface area contributed by atoms with E-state index in [4.69, 9.17) is 12.6 Å². The highest BCUT2D eigenvalue weighted by Gasteiger charge is 2.37. The second-order valence-electron chi connectivity index (χ2n) is 5.72. The molecule has 0 spiro atoms. The highest BCUT2D eigenvalue weighted by Crippen LogP contribution is 2.24. The van der Waals surface area contributed by atoms with E-state index in [1.54, 1.807) is 36.0 Å². The maximum absolute atomic E-state index is 7.58. The van der Waals surface area contributed by atoms with E-state index in [-0.39, 0.29) is 18.1 Å². The van der Waals surface area contributed by atoms with Crippen LogP contribution in [0.2, 0.25) is 6.82 Å². The van der Waals surface area contributed by atoms with Crippen LogP contribution in [0.4, 0.5) is 5.82 Å². The molecule has 4 rings (SSSR count). The van der Waals surface area contributed by atoms with Gasteiger partial charge in [-0.25, -0.2) is 9.55 Å². The predicted octanol–water partition coefficient (Wildman–Crippen LogP) is 2.59. The average Bonchev–Trinajstić information content (AvgIpc) is 2.99. The van der Waals surface area contributed by atoms with Gasteiger partial charge >= 0.3 is 6.85 Å². The molecule has 0 saturated carbocycles. The summed E-state index contributed by atoms with van der Waals surface area (Å²) in [5.74, 6) is 1.45. The van der Waals surface area contributed by atoms with E-state index in [2.05, 4.69) is 4.98 Å². The second-order valence-corrected chi connectivity index (χ2v) is 5.72. The van der Waals surface area contributed by atoms with Crippen LogP contribution in [0.5, 0.6) is 0 Å².